The van der Waals surface area contributed by atoms with Gasteiger partial charge in [0.25, 0.3) is 5.91 Å². The third kappa shape index (κ3) is 12.4. The lowest BCUT2D eigenvalue weighted by Gasteiger charge is -2.35. The fourth-order valence-corrected chi connectivity index (χ4v) is 10.3. The minimum absolute atomic E-state index is 0.0148. The van der Waals surface area contributed by atoms with Gasteiger partial charge in [0.05, 0.1) is 51.5 Å². The van der Waals surface area contributed by atoms with E-state index in [4.69, 9.17) is 4.98 Å². The number of nitrogens with zero attached hydrogens (tertiary/aromatic N) is 6. The second-order valence-electron chi connectivity index (χ2n) is 20.0. The minimum Gasteiger partial charge on any atom is -0.391 e. The first-order valence-corrected chi connectivity index (χ1v) is 25.2. The number of unbranched alkanes of at least 4 members (excludes halogenated alkanes) is 3. The van der Waals surface area contributed by atoms with Crippen LogP contribution in [0, 0.1) is 18.3 Å². The number of aliphatic hydroxyl groups excluding tert-OH is 1. The molecule has 6 aromatic rings. The SMILES string of the molecule is Cc1ncsc1-c1ccc(CNC(=O)[C@@H]2C[C@@H](O)CN2C(=O)C(NC(=O)CCCCCCNC(=O)CC2CCN(Cc3nc4ccc(NC(=O)c5ccc6c(cnn6C)c5)cc4[nH]3)C2)C(C)(C)C)cc1. The zero-order valence-corrected chi connectivity index (χ0v) is 41.5. The van der Waals surface area contributed by atoms with Crippen LogP contribution in [-0.2, 0) is 39.3 Å². The van der Waals surface area contributed by atoms with Crippen LogP contribution in [0.2, 0.25) is 0 Å². The second-order valence-corrected chi connectivity index (χ2v) is 20.8. The molecule has 2 aliphatic rings. The summed E-state index contributed by atoms with van der Waals surface area (Å²) in [5, 5.41) is 27.7. The van der Waals surface area contributed by atoms with Crippen molar-refractivity contribution < 1.29 is 29.1 Å². The molecule has 3 aromatic heterocycles. The number of carbonyl (C=O) groups is 5. The van der Waals surface area contributed by atoms with Gasteiger partial charge in [-0.1, -0.05) is 57.9 Å². The fraction of sp³-hybridized carbons (Fsp3) is 0.462. The molecule has 2 unspecified atom stereocenters. The molecule has 0 radical (unpaired) electrons. The normalized spacial score (nSPS) is 17.8. The van der Waals surface area contributed by atoms with Crippen molar-refractivity contribution in [2.45, 2.75) is 110 Å². The Balaban J connectivity index is 0.705. The van der Waals surface area contributed by atoms with Crippen LogP contribution in [0.15, 0.2) is 72.4 Å². The molecule has 0 saturated carbocycles. The number of aromatic nitrogens is 5. The van der Waals surface area contributed by atoms with Crippen LogP contribution in [0.25, 0.3) is 32.4 Å². The number of hydrogen-bond acceptors (Lipinski definition) is 11. The molecular formula is C52H65N11O6S. The van der Waals surface area contributed by atoms with Gasteiger partial charge in [0.1, 0.15) is 17.9 Å². The molecule has 2 aliphatic heterocycles. The quantitative estimate of drug-likeness (QED) is 0.0504. The molecule has 3 aromatic carbocycles. The number of carbonyl (C=O) groups excluding carboxylic acids is 5. The number of β-amino-alcohol motifs (C(OH)–C–C–N with tert-alkyl or cyclic N) is 1. The summed E-state index contributed by atoms with van der Waals surface area (Å²) in [5.74, 6) is -0.0379. The molecule has 2 saturated heterocycles. The number of aromatic amines is 1. The molecule has 70 heavy (non-hydrogen) atoms. The number of benzene rings is 3. The van der Waals surface area contributed by atoms with E-state index in [1.54, 1.807) is 28.3 Å². The summed E-state index contributed by atoms with van der Waals surface area (Å²) >= 11 is 1.58. The highest BCUT2D eigenvalue weighted by Gasteiger charge is 2.44. The summed E-state index contributed by atoms with van der Waals surface area (Å²) in [6, 6.07) is 17.3. The molecule has 5 amide bonds. The van der Waals surface area contributed by atoms with Crippen LogP contribution in [0.3, 0.4) is 0 Å². The number of thiazole rings is 1. The average Bonchev–Trinajstić information content (AvgIpc) is 4.19. The van der Waals surface area contributed by atoms with Gasteiger partial charge in [0.15, 0.2) is 0 Å². The van der Waals surface area contributed by atoms with Crippen molar-refractivity contribution in [2.75, 3.05) is 31.5 Å². The third-order valence-corrected chi connectivity index (χ3v) is 14.4. The first-order chi connectivity index (χ1) is 33.6. The molecule has 8 rings (SSSR count). The minimum atomic E-state index is -0.882. The van der Waals surface area contributed by atoms with Crippen LogP contribution in [0.4, 0.5) is 5.69 Å². The van der Waals surface area contributed by atoms with Crippen LogP contribution in [0.5, 0.6) is 0 Å². The summed E-state index contributed by atoms with van der Waals surface area (Å²) in [6.07, 6.45) is 5.73. The maximum absolute atomic E-state index is 14.0. The molecule has 370 valence electrons. The number of rotatable bonds is 19. The number of hydrogen-bond donors (Lipinski definition) is 6. The Bertz CT molecular complexity index is 2830. The van der Waals surface area contributed by atoms with Crippen LogP contribution in [-0.4, -0.2) is 114 Å². The number of aliphatic hydroxyl groups is 1. The highest BCUT2D eigenvalue weighted by molar-refractivity contribution is 7.13. The van der Waals surface area contributed by atoms with Crippen molar-refractivity contribution in [3.63, 3.8) is 0 Å². The zero-order chi connectivity index (χ0) is 49.5. The molecule has 6 N–H and O–H groups in total. The molecule has 4 atom stereocenters. The first-order valence-electron chi connectivity index (χ1n) is 24.3. The van der Waals surface area contributed by atoms with Gasteiger partial charge in [-0.05, 0) is 91.6 Å². The fourth-order valence-electron chi connectivity index (χ4n) is 9.50. The van der Waals surface area contributed by atoms with Crippen molar-refractivity contribution in [1.82, 2.24) is 50.5 Å². The van der Waals surface area contributed by atoms with E-state index in [1.165, 1.54) is 4.90 Å². The van der Waals surface area contributed by atoms with Crippen molar-refractivity contribution in [3.05, 3.63) is 95.0 Å². The van der Waals surface area contributed by atoms with E-state index >= 15 is 0 Å². The lowest BCUT2D eigenvalue weighted by Crippen LogP contribution is -2.57. The first kappa shape index (κ1) is 49.9. The highest BCUT2D eigenvalue weighted by atomic mass is 32.1. The number of anilines is 1. The molecule has 5 heterocycles. The van der Waals surface area contributed by atoms with E-state index < -0.39 is 23.6 Å². The molecular weight excluding hydrogens is 907 g/mol. The lowest BCUT2D eigenvalue weighted by molar-refractivity contribution is -0.144. The predicted octanol–water partition coefficient (Wildman–Crippen LogP) is 6.22. The Kier molecular flexibility index (Phi) is 15.7. The van der Waals surface area contributed by atoms with Gasteiger partial charge in [0, 0.05) is 69.1 Å². The van der Waals surface area contributed by atoms with Gasteiger partial charge >= 0.3 is 0 Å². The van der Waals surface area contributed by atoms with Crippen LogP contribution >= 0.6 is 11.3 Å². The maximum Gasteiger partial charge on any atom is 0.255 e. The van der Waals surface area contributed by atoms with E-state index in [0.717, 1.165) is 88.2 Å². The average molecular weight is 972 g/mol. The van der Waals surface area contributed by atoms with Crippen LogP contribution < -0.4 is 21.3 Å². The number of likely N-dealkylation sites (tertiary alicyclic amines) is 2. The smallest absolute Gasteiger partial charge is 0.255 e. The van der Waals surface area contributed by atoms with Gasteiger partial charge in [0.2, 0.25) is 23.6 Å². The monoisotopic (exact) mass is 971 g/mol. The topological polar surface area (TPSA) is 220 Å². The van der Waals surface area contributed by atoms with Gasteiger partial charge in [-0.15, -0.1) is 11.3 Å². The van der Waals surface area contributed by atoms with E-state index in [-0.39, 0.29) is 61.4 Å². The number of imidazole rings is 1. The Labute approximate surface area is 412 Å². The lowest BCUT2D eigenvalue weighted by atomic mass is 9.85. The second kappa shape index (κ2) is 22.1. The third-order valence-electron chi connectivity index (χ3n) is 13.4. The summed E-state index contributed by atoms with van der Waals surface area (Å²) in [7, 11) is 1.87. The van der Waals surface area contributed by atoms with Crippen molar-refractivity contribution >= 4 is 68.5 Å². The van der Waals surface area contributed by atoms with E-state index in [2.05, 4.69) is 41.2 Å². The van der Waals surface area contributed by atoms with Gasteiger partial charge < -0.3 is 36.3 Å². The Morgan fingerprint density at radius 2 is 1.74 bits per heavy atom. The Hall–Kier alpha value is -6.50. The van der Waals surface area contributed by atoms with Crippen molar-refractivity contribution in [3.8, 4) is 10.4 Å². The van der Waals surface area contributed by atoms with Gasteiger partial charge in [-0.25, -0.2) is 9.97 Å². The largest absolute Gasteiger partial charge is 0.391 e. The summed E-state index contributed by atoms with van der Waals surface area (Å²) in [4.78, 5) is 83.9. The molecule has 17 nitrogen and oxygen atoms in total. The summed E-state index contributed by atoms with van der Waals surface area (Å²) < 4.78 is 1.77. The zero-order valence-electron chi connectivity index (χ0n) is 40.7. The highest BCUT2D eigenvalue weighted by Crippen LogP contribution is 2.29. The van der Waals surface area contributed by atoms with Crippen molar-refractivity contribution in [2.24, 2.45) is 18.4 Å². The van der Waals surface area contributed by atoms with Crippen LogP contribution in [0.1, 0.15) is 99.6 Å². The number of fused-ring (bicyclic) bond motifs is 2. The molecule has 2 fully saturated rings. The Morgan fingerprint density at radius 1 is 0.943 bits per heavy atom. The van der Waals surface area contributed by atoms with E-state index in [1.807, 2.05) is 94.9 Å². The number of amides is 5. The predicted molar refractivity (Wildman–Crippen MR) is 271 cm³/mol. The summed E-state index contributed by atoms with van der Waals surface area (Å²) in [6.45, 7) is 10.8. The molecule has 0 bridgehead atoms. The van der Waals surface area contributed by atoms with Crippen molar-refractivity contribution in [1.29, 1.82) is 0 Å². The standard InChI is InChI=1S/C52H65N11O6S/c1-32-47(70-31-55-32)35-13-11-33(12-14-35)26-54-50(68)43-25-39(64)29-63(43)51(69)48(52(2,3)4)60-45(65)10-8-6-7-9-20-53-46(66)22-34-19-21-62(28-34)30-44-58-40-17-16-38(24-41(40)59-44)57-49(67)36-15-18-42-37(23-36)27-56-61(42)5/h11-18,23-24,27,31,34,39,43,48,64H,6-10,19-22,25-26,28-30H2,1-5H3,(H,53,66)(H,54,68)(H,57,67)(H,58,59)(H,60,65)/t34?,39-,43+,48?/m1/s1. The van der Waals surface area contributed by atoms with Gasteiger partial charge in [-0.2, -0.15) is 5.10 Å². The number of aryl methyl sites for hydroxylation is 2. The summed E-state index contributed by atoms with van der Waals surface area (Å²) in [5.41, 5.74) is 7.95. The molecule has 0 spiro atoms. The molecule has 18 heteroatoms. The number of H-pyrrole nitrogens is 1. The Morgan fingerprint density at radius 3 is 2.51 bits per heavy atom. The van der Waals surface area contributed by atoms with Gasteiger partial charge in [-0.3, -0.25) is 33.6 Å². The number of nitrogens with one attached hydrogen (secondary N) is 5. The maximum atomic E-state index is 14.0. The van der Waals surface area contributed by atoms with E-state index in [9.17, 15) is 29.1 Å². The molecule has 0 aliphatic carbocycles. The van der Waals surface area contributed by atoms with E-state index in [0.29, 0.717) is 37.2 Å².